The lowest BCUT2D eigenvalue weighted by Gasteiger charge is -2.09. The average molecular weight is 340 g/mol. The van der Waals surface area contributed by atoms with Gasteiger partial charge in [0, 0.05) is 25.4 Å². The Labute approximate surface area is 136 Å². The van der Waals surface area contributed by atoms with Crippen molar-refractivity contribution in [2.45, 2.75) is 12.7 Å². The van der Waals surface area contributed by atoms with Gasteiger partial charge >= 0.3 is 12.1 Å². The summed E-state index contributed by atoms with van der Waals surface area (Å²) in [5.74, 6) is -0.859. The van der Waals surface area contributed by atoms with Gasteiger partial charge in [0.25, 0.3) is 0 Å². The molecule has 1 heterocycles. The number of nitrogens with one attached hydrogen (secondary N) is 1. The molecular formula is C16H15F3N2O3. The standard InChI is InChI=1S/C16H15F3N2O3/c17-16(18,19)13-5-6-14(21-10-13)24-8-7-20-9-11-1-3-12(4-2-11)15(22)23/h1-6,10,20H,7-9H2,(H,22,23). The highest BCUT2D eigenvalue weighted by molar-refractivity contribution is 5.87. The topological polar surface area (TPSA) is 71.5 Å². The molecule has 0 unspecified atom stereocenters. The van der Waals surface area contributed by atoms with Crippen molar-refractivity contribution >= 4 is 5.97 Å². The van der Waals surface area contributed by atoms with Crippen LogP contribution in [0, 0.1) is 0 Å². The lowest BCUT2D eigenvalue weighted by Crippen LogP contribution is -2.21. The predicted octanol–water partition coefficient (Wildman–Crippen LogP) is 2.97. The lowest BCUT2D eigenvalue weighted by molar-refractivity contribution is -0.137. The zero-order valence-electron chi connectivity index (χ0n) is 12.5. The van der Waals surface area contributed by atoms with E-state index < -0.39 is 17.7 Å². The molecule has 0 bridgehead atoms. The smallest absolute Gasteiger partial charge is 0.417 e. The molecule has 0 aliphatic rings. The summed E-state index contributed by atoms with van der Waals surface area (Å²) in [7, 11) is 0. The Bertz CT molecular complexity index is 670. The molecule has 0 saturated carbocycles. The molecule has 0 aliphatic heterocycles. The summed E-state index contributed by atoms with van der Waals surface area (Å²) in [6, 6.07) is 8.53. The first-order valence-electron chi connectivity index (χ1n) is 7.05. The van der Waals surface area contributed by atoms with Crippen LogP contribution in [-0.4, -0.2) is 29.2 Å². The first kappa shape index (κ1) is 17.7. The summed E-state index contributed by atoms with van der Waals surface area (Å²) in [4.78, 5) is 14.3. The van der Waals surface area contributed by atoms with Crippen molar-refractivity contribution in [3.8, 4) is 5.88 Å². The van der Waals surface area contributed by atoms with Crippen LogP contribution >= 0.6 is 0 Å². The molecule has 24 heavy (non-hydrogen) atoms. The van der Waals surface area contributed by atoms with Gasteiger partial charge in [0.2, 0.25) is 5.88 Å². The molecule has 0 saturated heterocycles. The maximum atomic E-state index is 12.4. The molecule has 1 aromatic carbocycles. The molecule has 0 amide bonds. The summed E-state index contributed by atoms with van der Waals surface area (Å²) in [5.41, 5.74) is 0.306. The third kappa shape index (κ3) is 5.24. The van der Waals surface area contributed by atoms with Crippen molar-refractivity contribution in [3.63, 3.8) is 0 Å². The number of carboxylic acid groups (broad SMARTS) is 1. The van der Waals surface area contributed by atoms with E-state index in [1.165, 1.54) is 18.2 Å². The van der Waals surface area contributed by atoms with Gasteiger partial charge in [0.05, 0.1) is 11.1 Å². The quantitative estimate of drug-likeness (QED) is 0.758. The number of hydrogen-bond acceptors (Lipinski definition) is 4. The van der Waals surface area contributed by atoms with Gasteiger partial charge in [-0.05, 0) is 23.8 Å². The highest BCUT2D eigenvalue weighted by Gasteiger charge is 2.30. The minimum absolute atomic E-state index is 0.121. The number of nitrogens with zero attached hydrogens (tertiary/aromatic N) is 1. The molecule has 2 aromatic rings. The first-order valence-corrected chi connectivity index (χ1v) is 7.05. The van der Waals surface area contributed by atoms with E-state index in [9.17, 15) is 18.0 Å². The fourth-order valence-corrected chi connectivity index (χ4v) is 1.86. The highest BCUT2D eigenvalue weighted by atomic mass is 19.4. The summed E-state index contributed by atoms with van der Waals surface area (Å²) in [6.07, 6.45) is -3.68. The zero-order valence-corrected chi connectivity index (χ0v) is 12.5. The SMILES string of the molecule is O=C(O)c1ccc(CNCCOc2ccc(C(F)(F)F)cn2)cc1. The van der Waals surface area contributed by atoms with Crippen LogP contribution in [0.1, 0.15) is 21.5 Å². The number of alkyl halides is 3. The van der Waals surface area contributed by atoms with Crippen LogP contribution in [0.2, 0.25) is 0 Å². The highest BCUT2D eigenvalue weighted by Crippen LogP contribution is 2.29. The second-order valence-corrected chi connectivity index (χ2v) is 4.91. The maximum absolute atomic E-state index is 12.4. The largest absolute Gasteiger partial charge is 0.478 e. The van der Waals surface area contributed by atoms with E-state index in [0.717, 1.165) is 17.8 Å². The molecule has 2 rings (SSSR count). The van der Waals surface area contributed by atoms with Gasteiger partial charge in [-0.3, -0.25) is 0 Å². The summed E-state index contributed by atoms with van der Waals surface area (Å²) in [6.45, 7) is 1.22. The Balaban J connectivity index is 1.70. The average Bonchev–Trinajstić information content (AvgIpc) is 2.54. The third-order valence-electron chi connectivity index (χ3n) is 3.12. The second kappa shape index (κ2) is 7.78. The molecule has 0 fully saturated rings. The lowest BCUT2D eigenvalue weighted by atomic mass is 10.1. The molecular weight excluding hydrogens is 325 g/mol. The minimum atomic E-state index is -4.41. The summed E-state index contributed by atoms with van der Waals surface area (Å²) in [5, 5.41) is 11.9. The number of hydrogen-bond donors (Lipinski definition) is 2. The zero-order chi connectivity index (χ0) is 17.6. The number of ether oxygens (including phenoxy) is 1. The monoisotopic (exact) mass is 340 g/mol. The number of rotatable bonds is 7. The molecule has 1 aromatic heterocycles. The van der Waals surface area contributed by atoms with Crippen LogP contribution in [0.15, 0.2) is 42.6 Å². The van der Waals surface area contributed by atoms with Gasteiger partial charge in [-0.2, -0.15) is 13.2 Å². The molecule has 2 N–H and O–H groups in total. The van der Waals surface area contributed by atoms with Gasteiger partial charge in [0.1, 0.15) is 6.61 Å². The molecule has 0 aliphatic carbocycles. The second-order valence-electron chi connectivity index (χ2n) is 4.91. The van der Waals surface area contributed by atoms with E-state index >= 15 is 0 Å². The fraction of sp³-hybridized carbons (Fsp3) is 0.250. The van der Waals surface area contributed by atoms with Crippen LogP contribution < -0.4 is 10.1 Å². The van der Waals surface area contributed by atoms with Gasteiger partial charge < -0.3 is 15.2 Å². The number of benzene rings is 1. The number of pyridine rings is 1. The number of carboxylic acids is 1. The Morgan fingerprint density at radius 1 is 1.17 bits per heavy atom. The molecule has 0 spiro atoms. The predicted molar refractivity (Wildman–Crippen MR) is 79.8 cm³/mol. The van der Waals surface area contributed by atoms with Crippen molar-refractivity contribution in [3.05, 3.63) is 59.3 Å². The molecule has 8 heteroatoms. The molecule has 5 nitrogen and oxygen atoms in total. The number of aromatic nitrogens is 1. The van der Waals surface area contributed by atoms with E-state index in [4.69, 9.17) is 9.84 Å². The first-order chi connectivity index (χ1) is 11.4. The van der Waals surface area contributed by atoms with Gasteiger partial charge in [-0.25, -0.2) is 9.78 Å². The van der Waals surface area contributed by atoms with Crippen LogP contribution in [-0.2, 0) is 12.7 Å². The van der Waals surface area contributed by atoms with E-state index in [0.29, 0.717) is 13.1 Å². The maximum Gasteiger partial charge on any atom is 0.417 e. The van der Waals surface area contributed by atoms with Crippen LogP contribution in [0.4, 0.5) is 13.2 Å². The van der Waals surface area contributed by atoms with E-state index in [1.807, 2.05) is 0 Å². The van der Waals surface area contributed by atoms with E-state index in [1.54, 1.807) is 12.1 Å². The van der Waals surface area contributed by atoms with Gasteiger partial charge in [0.15, 0.2) is 0 Å². The van der Waals surface area contributed by atoms with Crippen LogP contribution in [0.25, 0.3) is 0 Å². The van der Waals surface area contributed by atoms with Crippen molar-refractivity contribution in [1.29, 1.82) is 0 Å². The molecule has 128 valence electrons. The van der Waals surface area contributed by atoms with Crippen LogP contribution in [0.3, 0.4) is 0 Å². The van der Waals surface area contributed by atoms with E-state index in [2.05, 4.69) is 10.3 Å². The number of aromatic carboxylic acids is 1. The van der Waals surface area contributed by atoms with Crippen molar-refractivity contribution in [2.75, 3.05) is 13.2 Å². The molecule has 0 radical (unpaired) electrons. The van der Waals surface area contributed by atoms with Crippen molar-refractivity contribution < 1.29 is 27.8 Å². The Kier molecular flexibility index (Phi) is 5.75. The Morgan fingerprint density at radius 3 is 2.42 bits per heavy atom. The molecule has 0 atom stereocenters. The summed E-state index contributed by atoms with van der Waals surface area (Å²) >= 11 is 0. The van der Waals surface area contributed by atoms with Crippen molar-refractivity contribution in [2.24, 2.45) is 0 Å². The Morgan fingerprint density at radius 2 is 1.88 bits per heavy atom. The van der Waals surface area contributed by atoms with Crippen LogP contribution in [0.5, 0.6) is 5.88 Å². The van der Waals surface area contributed by atoms with Gasteiger partial charge in [-0.1, -0.05) is 12.1 Å². The minimum Gasteiger partial charge on any atom is -0.478 e. The number of halogens is 3. The normalized spacial score (nSPS) is 11.3. The Hall–Kier alpha value is -2.61. The fourth-order valence-electron chi connectivity index (χ4n) is 1.86. The number of carbonyl (C=O) groups is 1. The van der Waals surface area contributed by atoms with Gasteiger partial charge in [-0.15, -0.1) is 0 Å². The summed E-state index contributed by atoms with van der Waals surface area (Å²) < 4.78 is 42.4. The van der Waals surface area contributed by atoms with E-state index in [-0.39, 0.29) is 18.1 Å². The third-order valence-corrected chi connectivity index (χ3v) is 3.12. The van der Waals surface area contributed by atoms with Crippen molar-refractivity contribution in [1.82, 2.24) is 10.3 Å².